The smallest absolute Gasteiger partial charge is 0.116 e. The molecule has 1 saturated heterocycles. The molecule has 0 radical (unpaired) electrons. The molecule has 0 aliphatic carbocycles. The van der Waals surface area contributed by atoms with Crippen LogP contribution in [-0.4, -0.2) is 41.6 Å². The van der Waals surface area contributed by atoms with Gasteiger partial charge in [0.15, 0.2) is 0 Å². The predicted molar refractivity (Wildman–Crippen MR) is 64.5 cm³/mol. The monoisotopic (exact) mass is 237 g/mol. The summed E-state index contributed by atoms with van der Waals surface area (Å²) in [5, 5.41) is 22.6. The molecule has 94 valence electrons. The van der Waals surface area contributed by atoms with Crippen molar-refractivity contribution < 1.29 is 14.9 Å². The summed E-state index contributed by atoms with van der Waals surface area (Å²) in [6, 6.07) is 9.82. The van der Waals surface area contributed by atoms with E-state index in [2.05, 4.69) is 5.32 Å². The van der Waals surface area contributed by atoms with Crippen LogP contribution in [0.2, 0.25) is 0 Å². The molecule has 1 heterocycles. The van der Waals surface area contributed by atoms with E-state index in [1.165, 1.54) is 0 Å². The lowest BCUT2D eigenvalue weighted by molar-refractivity contribution is -0.149. The summed E-state index contributed by atoms with van der Waals surface area (Å²) in [5.74, 6) is 0. The minimum Gasteiger partial charge on any atom is -0.393 e. The third kappa shape index (κ3) is 3.04. The molecule has 0 bridgehead atoms. The molecular weight excluding hydrogens is 218 g/mol. The first-order valence-electron chi connectivity index (χ1n) is 5.94. The highest BCUT2D eigenvalue weighted by molar-refractivity contribution is 5.13. The highest BCUT2D eigenvalue weighted by Crippen LogP contribution is 2.21. The van der Waals surface area contributed by atoms with Crippen LogP contribution in [0.5, 0.6) is 0 Å². The Balaban J connectivity index is 1.93. The zero-order valence-electron chi connectivity index (χ0n) is 9.80. The molecule has 3 N–H and O–H groups in total. The molecule has 0 aromatic heterocycles. The van der Waals surface area contributed by atoms with Crippen LogP contribution >= 0.6 is 0 Å². The lowest BCUT2D eigenvalue weighted by Crippen LogP contribution is -2.57. The number of aliphatic hydroxyl groups is 2. The molecule has 4 heteroatoms. The van der Waals surface area contributed by atoms with Gasteiger partial charge in [-0.2, -0.15) is 0 Å². The van der Waals surface area contributed by atoms with Crippen molar-refractivity contribution >= 4 is 0 Å². The maximum absolute atomic E-state index is 10.2. The summed E-state index contributed by atoms with van der Waals surface area (Å²) in [4.78, 5) is 0. The van der Waals surface area contributed by atoms with Gasteiger partial charge in [0.1, 0.15) is 11.7 Å². The van der Waals surface area contributed by atoms with Gasteiger partial charge >= 0.3 is 0 Å². The molecule has 0 saturated carbocycles. The maximum Gasteiger partial charge on any atom is 0.116 e. The second-order valence-electron chi connectivity index (χ2n) is 4.50. The van der Waals surface area contributed by atoms with E-state index in [9.17, 15) is 10.2 Å². The maximum atomic E-state index is 10.2. The van der Waals surface area contributed by atoms with Gasteiger partial charge in [-0.1, -0.05) is 30.3 Å². The van der Waals surface area contributed by atoms with Crippen LogP contribution < -0.4 is 5.32 Å². The Bertz CT molecular complexity index is 344. The van der Waals surface area contributed by atoms with Crippen LogP contribution in [0.25, 0.3) is 0 Å². The van der Waals surface area contributed by atoms with Crippen molar-refractivity contribution in [2.45, 2.75) is 24.7 Å². The second-order valence-corrected chi connectivity index (χ2v) is 4.50. The van der Waals surface area contributed by atoms with Crippen LogP contribution in [0.15, 0.2) is 30.3 Å². The van der Waals surface area contributed by atoms with E-state index in [0.29, 0.717) is 26.1 Å². The minimum atomic E-state index is -1.11. The van der Waals surface area contributed by atoms with Gasteiger partial charge in [0.2, 0.25) is 0 Å². The van der Waals surface area contributed by atoms with Crippen LogP contribution in [-0.2, 0) is 11.3 Å². The van der Waals surface area contributed by atoms with E-state index < -0.39 is 5.60 Å². The molecule has 1 fully saturated rings. The van der Waals surface area contributed by atoms with Crippen molar-refractivity contribution in [3.05, 3.63) is 35.9 Å². The summed E-state index contributed by atoms with van der Waals surface area (Å²) < 4.78 is 5.70. The van der Waals surface area contributed by atoms with Crippen molar-refractivity contribution in [2.75, 3.05) is 19.7 Å². The molecule has 17 heavy (non-hydrogen) atoms. The van der Waals surface area contributed by atoms with E-state index in [1.54, 1.807) is 0 Å². The van der Waals surface area contributed by atoms with Crippen molar-refractivity contribution in [3.63, 3.8) is 0 Å². The number of benzene rings is 1. The molecule has 1 aliphatic heterocycles. The predicted octanol–water partition coefficient (Wildman–Crippen LogP) is 0.288. The van der Waals surface area contributed by atoms with Gasteiger partial charge in [0, 0.05) is 6.54 Å². The Hall–Kier alpha value is -0.940. The fourth-order valence-corrected chi connectivity index (χ4v) is 2.05. The van der Waals surface area contributed by atoms with Crippen LogP contribution in [0, 0.1) is 0 Å². The number of ether oxygens (including phenoxy) is 1. The average molecular weight is 237 g/mol. The third-order valence-electron chi connectivity index (χ3n) is 3.23. The fraction of sp³-hybridized carbons (Fsp3) is 0.538. The topological polar surface area (TPSA) is 61.7 Å². The van der Waals surface area contributed by atoms with Gasteiger partial charge in [-0.25, -0.2) is 0 Å². The van der Waals surface area contributed by atoms with Gasteiger partial charge in [-0.3, -0.25) is 0 Å². The highest BCUT2D eigenvalue weighted by Gasteiger charge is 2.39. The normalized spacial score (nSPS) is 29.2. The van der Waals surface area contributed by atoms with Crippen molar-refractivity contribution in [1.29, 1.82) is 0 Å². The second kappa shape index (κ2) is 5.60. The highest BCUT2D eigenvalue weighted by atomic mass is 16.5. The summed E-state index contributed by atoms with van der Waals surface area (Å²) in [5.41, 5.74) is -0.0432. The SMILES string of the molecule is OCC1(O)CCNCC1OCc1ccccc1. The summed E-state index contributed by atoms with van der Waals surface area (Å²) in [7, 11) is 0. The fourth-order valence-electron chi connectivity index (χ4n) is 2.05. The molecule has 1 aliphatic rings. The minimum absolute atomic E-state index is 0.256. The lowest BCUT2D eigenvalue weighted by Gasteiger charge is -2.38. The van der Waals surface area contributed by atoms with E-state index in [4.69, 9.17) is 4.74 Å². The Kier molecular flexibility index (Phi) is 4.12. The van der Waals surface area contributed by atoms with Gasteiger partial charge in [0.25, 0.3) is 0 Å². The summed E-state index contributed by atoms with van der Waals surface area (Å²) >= 11 is 0. The van der Waals surface area contributed by atoms with Crippen molar-refractivity contribution in [1.82, 2.24) is 5.32 Å². The molecule has 1 aromatic rings. The van der Waals surface area contributed by atoms with Gasteiger partial charge < -0.3 is 20.3 Å². The lowest BCUT2D eigenvalue weighted by atomic mass is 9.90. The van der Waals surface area contributed by atoms with E-state index in [0.717, 1.165) is 5.56 Å². The Morgan fingerprint density at radius 1 is 1.35 bits per heavy atom. The Morgan fingerprint density at radius 3 is 2.82 bits per heavy atom. The Labute approximate surface area is 101 Å². The largest absolute Gasteiger partial charge is 0.393 e. The Morgan fingerprint density at radius 2 is 2.12 bits per heavy atom. The zero-order valence-corrected chi connectivity index (χ0v) is 9.80. The molecule has 0 amide bonds. The standard InChI is InChI=1S/C13H19NO3/c15-10-13(16)6-7-14-8-12(13)17-9-11-4-2-1-3-5-11/h1-5,12,14-16H,6-10H2. The van der Waals surface area contributed by atoms with Crippen LogP contribution in [0.3, 0.4) is 0 Å². The number of aliphatic hydroxyl groups excluding tert-OH is 1. The van der Waals surface area contributed by atoms with Crippen LogP contribution in [0.4, 0.5) is 0 Å². The average Bonchev–Trinajstić information content (AvgIpc) is 2.39. The van der Waals surface area contributed by atoms with E-state index in [1.807, 2.05) is 30.3 Å². The first-order chi connectivity index (χ1) is 8.24. The number of piperidine rings is 1. The van der Waals surface area contributed by atoms with Crippen molar-refractivity contribution in [3.8, 4) is 0 Å². The van der Waals surface area contributed by atoms with E-state index >= 15 is 0 Å². The van der Waals surface area contributed by atoms with E-state index in [-0.39, 0.29) is 12.7 Å². The first kappa shape index (κ1) is 12.5. The molecule has 2 atom stereocenters. The number of rotatable bonds is 4. The van der Waals surface area contributed by atoms with Gasteiger partial charge in [0.05, 0.1) is 13.2 Å². The molecule has 0 spiro atoms. The molecule has 2 unspecified atom stereocenters. The summed E-state index contributed by atoms with van der Waals surface area (Å²) in [6.45, 7) is 1.48. The molecule has 4 nitrogen and oxygen atoms in total. The number of nitrogens with one attached hydrogen (secondary N) is 1. The third-order valence-corrected chi connectivity index (χ3v) is 3.23. The molecule has 2 rings (SSSR count). The number of hydrogen-bond donors (Lipinski definition) is 3. The number of hydrogen-bond acceptors (Lipinski definition) is 4. The van der Waals surface area contributed by atoms with Gasteiger partial charge in [-0.05, 0) is 18.5 Å². The molecule has 1 aromatic carbocycles. The summed E-state index contributed by atoms with van der Waals surface area (Å²) in [6.07, 6.45) is 0.157. The quantitative estimate of drug-likeness (QED) is 0.704. The first-order valence-corrected chi connectivity index (χ1v) is 5.94. The van der Waals surface area contributed by atoms with Crippen LogP contribution in [0.1, 0.15) is 12.0 Å². The van der Waals surface area contributed by atoms with Gasteiger partial charge in [-0.15, -0.1) is 0 Å². The molecular formula is C13H19NO3. The van der Waals surface area contributed by atoms with Crippen molar-refractivity contribution in [2.24, 2.45) is 0 Å². The zero-order chi connectivity index (χ0) is 12.1.